The third kappa shape index (κ3) is 4.22. The quantitative estimate of drug-likeness (QED) is 0.913. The Kier molecular flexibility index (Phi) is 4.81. The van der Waals surface area contributed by atoms with Crippen molar-refractivity contribution in [3.05, 3.63) is 40.9 Å². The smallest absolute Gasteiger partial charge is 0.130 e. The van der Waals surface area contributed by atoms with Crippen molar-refractivity contribution >= 4 is 5.82 Å². The molecule has 6 heteroatoms. The molecule has 3 heterocycles. The minimum Gasteiger partial charge on any atom is -0.381 e. The van der Waals surface area contributed by atoms with E-state index in [0.29, 0.717) is 5.92 Å². The monoisotopic (exact) mass is 313 g/mol. The predicted octanol–water partition coefficient (Wildman–Crippen LogP) is 2.35. The van der Waals surface area contributed by atoms with Gasteiger partial charge >= 0.3 is 0 Å². The van der Waals surface area contributed by atoms with Crippen LogP contribution in [0.3, 0.4) is 0 Å². The van der Waals surface area contributed by atoms with Crippen LogP contribution >= 0.6 is 0 Å². The zero-order valence-corrected chi connectivity index (χ0v) is 14.0. The van der Waals surface area contributed by atoms with Gasteiger partial charge in [0.05, 0.1) is 12.3 Å². The van der Waals surface area contributed by atoms with E-state index in [1.807, 2.05) is 32.9 Å². The zero-order valence-electron chi connectivity index (χ0n) is 14.0. The summed E-state index contributed by atoms with van der Waals surface area (Å²) in [6.45, 7) is 8.25. The van der Waals surface area contributed by atoms with Gasteiger partial charge in [-0.05, 0) is 33.3 Å². The first-order valence-corrected chi connectivity index (χ1v) is 8.08. The first-order chi connectivity index (χ1) is 11.1. The highest BCUT2D eigenvalue weighted by Crippen LogP contribution is 2.24. The maximum atomic E-state index is 5.46. The van der Waals surface area contributed by atoms with Crippen molar-refractivity contribution in [3.63, 3.8) is 0 Å². The molecule has 0 spiro atoms. The summed E-state index contributed by atoms with van der Waals surface area (Å²) in [4.78, 5) is 17.9. The molecule has 0 unspecified atom stereocenters. The van der Waals surface area contributed by atoms with Gasteiger partial charge in [-0.2, -0.15) is 0 Å². The van der Waals surface area contributed by atoms with E-state index in [4.69, 9.17) is 4.74 Å². The fourth-order valence-corrected chi connectivity index (χ4v) is 2.87. The number of aromatic nitrogens is 4. The Bertz CT molecular complexity index is 662. The fourth-order valence-electron chi connectivity index (χ4n) is 2.87. The van der Waals surface area contributed by atoms with Crippen LogP contribution in [0.5, 0.6) is 0 Å². The Hall–Kier alpha value is -2.08. The van der Waals surface area contributed by atoms with Crippen LogP contribution in [-0.4, -0.2) is 39.7 Å². The largest absolute Gasteiger partial charge is 0.381 e. The highest BCUT2D eigenvalue weighted by atomic mass is 16.5. The molecule has 0 radical (unpaired) electrons. The second-order valence-corrected chi connectivity index (χ2v) is 6.03. The third-order valence-corrected chi connectivity index (χ3v) is 3.89. The maximum Gasteiger partial charge on any atom is 0.130 e. The molecule has 1 N–H and O–H groups in total. The zero-order chi connectivity index (χ0) is 16.2. The van der Waals surface area contributed by atoms with E-state index in [2.05, 4.69) is 25.3 Å². The molecular formula is C17H23N5O. The average Bonchev–Trinajstić information content (AvgIpc) is 3.00. The van der Waals surface area contributed by atoms with Crippen LogP contribution in [0.15, 0.2) is 12.1 Å². The van der Waals surface area contributed by atoms with E-state index >= 15 is 0 Å². The van der Waals surface area contributed by atoms with Crippen molar-refractivity contribution < 1.29 is 4.74 Å². The van der Waals surface area contributed by atoms with Crippen molar-refractivity contribution in [1.82, 2.24) is 19.9 Å². The number of hydrogen-bond acceptors (Lipinski definition) is 6. The highest BCUT2D eigenvalue weighted by Gasteiger charge is 2.20. The van der Waals surface area contributed by atoms with Crippen LogP contribution in [0.25, 0.3) is 0 Å². The molecule has 1 aliphatic heterocycles. The van der Waals surface area contributed by atoms with Gasteiger partial charge < -0.3 is 10.1 Å². The van der Waals surface area contributed by atoms with Gasteiger partial charge in [-0.15, -0.1) is 0 Å². The third-order valence-electron chi connectivity index (χ3n) is 3.89. The van der Waals surface area contributed by atoms with Crippen LogP contribution in [0.1, 0.15) is 41.1 Å². The molecule has 6 nitrogen and oxygen atoms in total. The lowest BCUT2D eigenvalue weighted by atomic mass is 10.0. The summed E-state index contributed by atoms with van der Waals surface area (Å²) in [6, 6.07) is 4.02. The van der Waals surface area contributed by atoms with Crippen LogP contribution in [0.2, 0.25) is 0 Å². The van der Waals surface area contributed by atoms with Crippen molar-refractivity contribution in [2.75, 3.05) is 25.1 Å². The number of ether oxygens (including phenoxy) is 1. The van der Waals surface area contributed by atoms with E-state index in [9.17, 15) is 0 Å². The van der Waals surface area contributed by atoms with E-state index < -0.39 is 0 Å². The molecule has 0 saturated carbocycles. The van der Waals surface area contributed by atoms with Crippen LogP contribution in [0, 0.1) is 20.8 Å². The second kappa shape index (κ2) is 7.00. The Labute approximate surface area is 136 Å². The molecule has 2 aromatic heterocycles. The number of aryl methyl sites for hydroxylation is 3. The molecule has 0 aliphatic carbocycles. The molecule has 3 rings (SSSR count). The molecule has 1 fully saturated rings. The second-order valence-electron chi connectivity index (χ2n) is 6.03. The van der Waals surface area contributed by atoms with Crippen molar-refractivity contribution in [1.29, 1.82) is 0 Å². The van der Waals surface area contributed by atoms with E-state index in [0.717, 1.165) is 67.1 Å². The Morgan fingerprint density at radius 2 is 1.87 bits per heavy atom. The summed E-state index contributed by atoms with van der Waals surface area (Å²) in [7, 11) is 0. The van der Waals surface area contributed by atoms with Gasteiger partial charge in [-0.1, -0.05) is 0 Å². The van der Waals surface area contributed by atoms with Gasteiger partial charge in [0.15, 0.2) is 0 Å². The Morgan fingerprint density at radius 3 is 2.57 bits per heavy atom. The molecule has 1 atom stereocenters. The summed E-state index contributed by atoms with van der Waals surface area (Å²) in [5, 5.41) is 3.36. The summed E-state index contributed by atoms with van der Waals surface area (Å²) >= 11 is 0. The molecular weight excluding hydrogens is 290 g/mol. The van der Waals surface area contributed by atoms with Gasteiger partial charge in [0.25, 0.3) is 0 Å². The van der Waals surface area contributed by atoms with Gasteiger partial charge in [0.2, 0.25) is 0 Å². The summed E-state index contributed by atoms with van der Waals surface area (Å²) in [5.74, 6) is 2.91. The molecule has 1 aliphatic rings. The number of nitrogens with zero attached hydrogens (tertiary/aromatic N) is 4. The minimum atomic E-state index is 0.389. The standard InChI is InChI=1S/C17H23N5O/c1-11-8-12(2)20-16(19-11)4-6-18-17-9-15(21-13(3)22-17)14-5-7-23-10-14/h8-9,14H,4-7,10H2,1-3H3,(H,18,21,22)/t14-/m1/s1. The lowest BCUT2D eigenvalue weighted by molar-refractivity contribution is 0.193. The Balaban J connectivity index is 1.63. The van der Waals surface area contributed by atoms with Crippen molar-refractivity contribution in [2.45, 2.75) is 39.5 Å². The first kappa shape index (κ1) is 15.8. The predicted molar refractivity (Wildman–Crippen MR) is 88.6 cm³/mol. The van der Waals surface area contributed by atoms with Gasteiger partial charge in [-0.3, -0.25) is 0 Å². The van der Waals surface area contributed by atoms with Gasteiger partial charge in [0, 0.05) is 42.9 Å². The maximum absolute atomic E-state index is 5.46. The van der Waals surface area contributed by atoms with E-state index in [-0.39, 0.29) is 0 Å². The van der Waals surface area contributed by atoms with E-state index in [1.54, 1.807) is 0 Å². The van der Waals surface area contributed by atoms with Crippen LogP contribution in [-0.2, 0) is 11.2 Å². The van der Waals surface area contributed by atoms with Gasteiger partial charge in [0.1, 0.15) is 17.5 Å². The number of nitrogens with one attached hydrogen (secondary N) is 1. The van der Waals surface area contributed by atoms with Crippen LogP contribution < -0.4 is 5.32 Å². The number of anilines is 1. The van der Waals surface area contributed by atoms with Crippen molar-refractivity contribution in [2.24, 2.45) is 0 Å². The normalized spacial score (nSPS) is 17.4. The lowest BCUT2D eigenvalue weighted by Crippen LogP contribution is -2.12. The summed E-state index contributed by atoms with van der Waals surface area (Å²) in [5.41, 5.74) is 3.09. The molecule has 1 saturated heterocycles. The number of hydrogen-bond donors (Lipinski definition) is 1. The molecule has 122 valence electrons. The topological polar surface area (TPSA) is 72.8 Å². The van der Waals surface area contributed by atoms with E-state index in [1.165, 1.54) is 0 Å². The molecule has 0 amide bonds. The first-order valence-electron chi connectivity index (χ1n) is 8.08. The van der Waals surface area contributed by atoms with Crippen molar-refractivity contribution in [3.8, 4) is 0 Å². The molecule has 0 aromatic carbocycles. The summed E-state index contributed by atoms with van der Waals surface area (Å²) < 4.78 is 5.46. The SMILES string of the molecule is Cc1cc(C)nc(CCNc2cc([C@@H]3CCOC3)nc(C)n2)n1. The van der Waals surface area contributed by atoms with Crippen LogP contribution in [0.4, 0.5) is 5.82 Å². The highest BCUT2D eigenvalue weighted by molar-refractivity contribution is 5.37. The number of rotatable bonds is 5. The molecule has 2 aromatic rings. The minimum absolute atomic E-state index is 0.389. The molecule has 0 bridgehead atoms. The Morgan fingerprint density at radius 1 is 1.09 bits per heavy atom. The average molecular weight is 313 g/mol. The summed E-state index contributed by atoms with van der Waals surface area (Å²) in [6.07, 6.45) is 1.81. The van der Waals surface area contributed by atoms with Gasteiger partial charge in [-0.25, -0.2) is 19.9 Å². The lowest BCUT2D eigenvalue weighted by Gasteiger charge is -2.11. The molecule has 23 heavy (non-hydrogen) atoms. The fraction of sp³-hybridized carbons (Fsp3) is 0.529.